The van der Waals surface area contributed by atoms with Crippen LogP contribution in [0.15, 0.2) is 0 Å². The number of rotatable bonds is 6. The molecule has 5 heteroatoms. The van der Waals surface area contributed by atoms with E-state index in [1.54, 1.807) is 4.90 Å². The smallest absolute Gasteiger partial charge is 0.332 e. The number of hydrogen-bond donors (Lipinski definition) is 1. The number of unbranched alkanes of at least 4 members (excludes halogenated alkanes) is 1. The summed E-state index contributed by atoms with van der Waals surface area (Å²) >= 11 is 0. The quantitative estimate of drug-likeness (QED) is 0.762. The standard InChI is InChI=1S/C12H21NO4/c1-3-5-8-13(4-2)11(14)9-6-7-10(17-9)12(15)16/h9-10H,3-8H2,1-2H3,(H,15,16)/t9-,10+/m0/s1. The molecule has 0 unspecified atom stereocenters. The summed E-state index contributed by atoms with van der Waals surface area (Å²) in [5, 5.41) is 8.80. The summed E-state index contributed by atoms with van der Waals surface area (Å²) in [7, 11) is 0. The van der Waals surface area contributed by atoms with Crippen molar-refractivity contribution in [2.24, 2.45) is 0 Å². The Bertz CT molecular complexity index is 280. The predicted molar refractivity (Wildman–Crippen MR) is 62.7 cm³/mol. The minimum absolute atomic E-state index is 0.0651. The van der Waals surface area contributed by atoms with Crippen LogP contribution in [0.3, 0.4) is 0 Å². The van der Waals surface area contributed by atoms with E-state index in [9.17, 15) is 9.59 Å². The molecule has 5 nitrogen and oxygen atoms in total. The van der Waals surface area contributed by atoms with Gasteiger partial charge in [-0.1, -0.05) is 13.3 Å². The van der Waals surface area contributed by atoms with E-state index in [0.29, 0.717) is 19.4 Å². The van der Waals surface area contributed by atoms with Crippen LogP contribution in [0.4, 0.5) is 0 Å². The molecule has 1 amide bonds. The molecule has 0 aromatic heterocycles. The minimum atomic E-state index is -0.975. The number of carboxylic acid groups (broad SMARTS) is 1. The highest BCUT2D eigenvalue weighted by atomic mass is 16.5. The molecule has 1 saturated heterocycles. The zero-order chi connectivity index (χ0) is 12.8. The van der Waals surface area contributed by atoms with Crippen molar-refractivity contribution < 1.29 is 19.4 Å². The van der Waals surface area contributed by atoms with E-state index >= 15 is 0 Å². The van der Waals surface area contributed by atoms with Gasteiger partial charge in [-0.05, 0) is 26.2 Å². The molecule has 0 saturated carbocycles. The summed E-state index contributed by atoms with van der Waals surface area (Å²) in [5.74, 6) is -1.04. The van der Waals surface area contributed by atoms with Crippen LogP contribution >= 0.6 is 0 Å². The van der Waals surface area contributed by atoms with Gasteiger partial charge >= 0.3 is 5.97 Å². The number of ether oxygens (including phenoxy) is 1. The molecule has 1 N–H and O–H groups in total. The van der Waals surface area contributed by atoms with E-state index in [-0.39, 0.29) is 5.91 Å². The van der Waals surface area contributed by atoms with Gasteiger partial charge in [0.15, 0.2) is 6.10 Å². The highest BCUT2D eigenvalue weighted by Crippen LogP contribution is 2.21. The van der Waals surface area contributed by atoms with Gasteiger partial charge in [-0.2, -0.15) is 0 Å². The Hall–Kier alpha value is -1.10. The molecule has 1 heterocycles. The number of nitrogens with zero attached hydrogens (tertiary/aromatic N) is 1. The number of carbonyl (C=O) groups is 2. The Kier molecular flexibility index (Phi) is 5.41. The maximum absolute atomic E-state index is 12.1. The number of hydrogen-bond acceptors (Lipinski definition) is 3. The van der Waals surface area contributed by atoms with E-state index in [2.05, 4.69) is 6.92 Å². The van der Waals surface area contributed by atoms with Crippen LogP contribution in [0.25, 0.3) is 0 Å². The lowest BCUT2D eigenvalue weighted by Crippen LogP contribution is -2.40. The van der Waals surface area contributed by atoms with Gasteiger partial charge in [0, 0.05) is 13.1 Å². The molecule has 0 bridgehead atoms. The van der Waals surface area contributed by atoms with Crippen molar-refractivity contribution in [1.29, 1.82) is 0 Å². The highest BCUT2D eigenvalue weighted by molar-refractivity contribution is 5.82. The van der Waals surface area contributed by atoms with Gasteiger partial charge in [0.1, 0.15) is 6.10 Å². The first-order valence-corrected chi connectivity index (χ1v) is 6.27. The second kappa shape index (κ2) is 6.59. The van der Waals surface area contributed by atoms with E-state index in [0.717, 1.165) is 19.4 Å². The van der Waals surface area contributed by atoms with Gasteiger partial charge in [-0.25, -0.2) is 4.79 Å². The highest BCUT2D eigenvalue weighted by Gasteiger charge is 2.36. The Morgan fingerprint density at radius 1 is 1.29 bits per heavy atom. The lowest BCUT2D eigenvalue weighted by molar-refractivity contribution is -0.154. The molecule has 0 radical (unpaired) electrons. The normalized spacial score (nSPS) is 23.6. The van der Waals surface area contributed by atoms with Crippen LogP contribution in [-0.4, -0.2) is 47.2 Å². The van der Waals surface area contributed by atoms with Crippen molar-refractivity contribution in [3.8, 4) is 0 Å². The third kappa shape index (κ3) is 3.70. The number of amides is 1. The topological polar surface area (TPSA) is 66.8 Å². The first-order chi connectivity index (χ1) is 8.10. The average molecular weight is 243 g/mol. The van der Waals surface area contributed by atoms with Crippen molar-refractivity contribution in [3.63, 3.8) is 0 Å². The molecule has 1 aliphatic heterocycles. The predicted octanol–water partition coefficient (Wildman–Crippen LogP) is 1.27. The van der Waals surface area contributed by atoms with E-state index < -0.39 is 18.2 Å². The third-order valence-corrected chi connectivity index (χ3v) is 3.05. The second-order valence-corrected chi connectivity index (χ2v) is 4.30. The van der Waals surface area contributed by atoms with Crippen LogP contribution < -0.4 is 0 Å². The number of carbonyl (C=O) groups excluding carboxylic acids is 1. The fraction of sp³-hybridized carbons (Fsp3) is 0.833. The Morgan fingerprint density at radius 2 is 1.94 bits per heavy atom. The van der Waals surface area contributed by atoms with Crippen LogP contribution in [0.1, 0.15) is 39.5 Å². The molecule has 0 aliphatic carbocycles. The van der Waals surface area contributed by atoms with Crippen molar-refractivity contribution >= 4 is 11.9 Å². The van der Waals surface area contributed by atoms with Gasteiger partial charge in [0.25, 0.3) is 5.91 Å². The molecule has 0 spiro atoms. The molecule has 2 atom stereocenters. The van der Waals surface area contributed by atoms with E-state index in [1.165, 1.54) is 0 Å². The fourth-order valence-corrected chi connectivity index (χ4v) is 1.98. The monoisotopic (exact) mass is 243 g/mol. The average Bonchev–Trinajstić information content (AvgIpc) is 2.79. The minimum Gasteiger partial charge on any atom is -0.479 e. The molecule has 1 aliphatic rings. The molecule has 0 aromatic carbocycles. The summed E-state index contributed by atoms with van der Waals surface area (Å²) in [5.41, 5.74) is 0. The lowest BCUT2D eigenvalue weighted by atomic mass is 10.1. The zero-order valence-corrected chi connectivity index (χ0v) is 10.5. The summed E-state index contributed by atoms with van der Waals surface area (Å²) < 4.78 is 5.26. The van der Waals surface area contributed by atoms with E-state index in [4.69, 9.17) is 9.84 Å². The molecule has 1 fully saturated rings. The molecule has 1 rings (SSSR count). The van der Waals surface area contributed by atoms with Gasteiger partial charge in [-0.3, -0.25) is 4.79 Å². The zero-order valence-electron chi connectivity index (χ0n) is 10.5. The largest absolute Gasteiger partial charge is 0.479 e. The van der Waals surface area contributed by atoms with Gasteiger partial charge in [0.05, 0.1) is 0 Å². The first-order valence-electron chi connectivity index (χ1n) is 6.27. The van der Waals surface area contributed by atoms with Crippen LogP contribution in [-0.2, 0) is 14.3 Å². The SMILES string of the molecule is CCCCN(CC)C(=O)[C@@H]1CC[C@H](C(=O)O)O1. The molecular formula is C12H21NO4. The van der Waals surface area contributed by atoms with Crippen molar-refractivity contribution in [1.82, 2.24) is 4.90 Å². The molecule has 98 valence electrons. The van der Waals surface area contributed by atoms with Crippen LogP contribution in [0.2, 0.25) is 0 Å². The van der Waals surface area contributed by atoms with Crippen LogP contribution in [0.5, 0.6) is 0 Å². The number of carboxylic acids is 1. The van der Waals surface area contributed by atoms with Gasteiger partial charge < -0.3 is 14.7 Å². The fourth-order valence-electron chi connectivity index (χ4n) is 1.98. The van der Waals surface area contributed by atoms with Crippen LogP contribution in [0, 0.1) is 0 Å². The number of likely N-dealkylation sites (N-methyl/N-ethyl adjacent to an activating group) is 1. The Labute approximate surface area is 102 Å². The Morgan fingerprint density at radius 3 is 2.41 bits per heavy atom. The summed E-state index contributed by atoms with van der Waals surface area (Å²) in [6, 6.07) is 0. The second-order valence-electron chi connectivity index (χ2n) is 4.30. The van der Waals surface area contributed by atoms with Gasteiger partial charge in [-0.15, -0.1) is 0 Å². The molecular weight excluding hydrogens is 222 g/mol. The number of aliphatic carboxylic acids is 1. The first kappa shape index (κ1) is 14.0. The van der Waals surface area contributed by atoms with Crippen molar-refractivity contribution in [2.45, 2.75) is 51.7 Å². The Balaban J connectivity index is 2.49. The molecule has 17 heavy (non-hydrogen) atoms. The maximum atomic E-state index is 12.1. The van der Waals surface area contributed by atoms with Crippen molar-refractivity contribution in [2.75, 3.05) is 13.1 Å². The lowest BCUT2D eigenvalue weighted by Gasteiger charge is -2.23. The third-order valence-electron chi connectivity index (χ3n) is 3.05. The van der Waals surface area contributed by atoms with Gasteiger partial charge in [0.2, 0.25) is 0 Å². The van der Waals surface area contributed by atoms with E-state index in [1.807, 2.05) is 6.92 Å². The van der Waals surface area contributed by atoms with Crippen molar-refractivity contribution in [3.05, 3.63) is 0 Å². The summed E-state index contributed by atoms with van der Waals surface area (Å²) in [6.45, 7) is 5.38. The molecule has 0 aromatic rings. The maximum Gasteiger partial charge on any atom is 0.332 e. The summed E-state index contributed by atoms with van der Waals surface area (Å²) in [6.07, 6.45) is 1.57. The summed E-state index contributed by atoms with van der Waals surface area (Å²) in [4.78, 5) is 24.5.